The minimum atomic E-state index is -0.314. The quantitative estimate of drug-likeness (QED) is 0.590. The number of carbonyl (C=O) groups is 1. The third kappa shape index (κ3) is 2.83. The maximum Gasteiger partial charge on any atom is 0.279 e. The van der Waals surface area contributed by atoms with Gasteiger partial charge in [0.15, 0.2) is 11.5 Å². The van der Waals surface area contributed by atoms with Gasteiger partial charge >= 0.3 is 0 Å². The van der Waals surface area contributed by atoms with E-state index in [-0.39, 0.29) is 30.6 Å². The van der Waals surface area contributed by atoms with Gasteiger partial charge in [0.2, 0.25) is 5.91 Å². The average molecular weight is 377 g/mol. The summed E-state index contributed by atoms with van der Waals surface area (Å²) >= 11 is 0. The van der Waals surface area contributed by atoms with E-state index in [0.717, 1.165) is 10.9 Å². The first-order valence-electron chi connectivity index (χ1n) is 8.97. The third-order valence-corrected chi connectivity index (χ3v) is 5.01. The Morgan fingerprint density at radius 2 is 2.00 bits per heavy atom. The Kier molecular flexibility index (Phi) is 3.89. The molecule has 0 spiro atoms. The molecule has 0 bridgehead atoms. The third-order valence-electron chi connectivity index (χ3n) is 5.01. The number of hydrogen-bond donors (Lipinski definition) is 1. The maximum atomic E-state index is 13.9. The molecule has 5 rings (SSSR count). The highest BCUT2D eigenvalue weighted by molar-refractivity contribution is 5.90. The number of fused-ring (bicyclic) bond motifs is 1. The minimum absolute atomic E-state index is 0.0511. The first-order chi connectivity index (χ1) is 13.7. The molecule has 1 aliphatic rings. The van der Waals surface area contributed by atoms with Crippen LogP contribution in [0.25, 0.3) is 22.5 Å². The Balaban J connectivity index is 1.36. The van der Waals surface area contributed by atoms with E-state index in [2.05, 4.69) is 20.3 Å². The fourth-order valence-corrected chi connectivity index (χ4v) is 3.55. The zero-order valence-corrected chi connectivity index (χ0v) is 14.8. The van der Waals surface area contributed by atoms with E-state index in [9.17, 15) is 9.18 Å². The smallest absolute Gasteiger partial charge is 0.279 e. The Bertz CT molecular complexity index is 1170. The van der Waals surface area contributed by atoms with Crippen molar-refractivity contribution in [2.24, 2.45) is 0 Å². The van der Waals surface area contributed by atoms with E-state index in [0.29, 0.717) is 29.5 Å². The van der Waals surface area contributed by atoms with Crippen LogP contribution in [0.5, 0.6) is 0 Å². The predicted octanol–water partition coefficient (Wildman–Crippen LogP) is 3.27. The van der Waals surface area contributed by atoms with Crippen LogP contribution >= 0.6 is 0 Å². The number of likely N-dealkylation sites (tertiary alicyclic amines) is 1. The van der Waals surface area contributed by atoms with Crippen molar-refractivity contribution in [1.29, 1.82) is 0 Å². The summed E-state index contributed by atoms with van der Waals surface area (Å²) in [5.41, 5.74) is 1.96. The second kappa shape index (κ2) is 6.56. The number of benzene rings is 2. The molecule has 0 saturated carbocycles. The Hall–Kier alpha value is -3.55. The van der Waals surface area contributed by atoms with Gasteiger partial charge in [0.1, 0.15) is 5.82 Å². The van der Waals surface area contributed by atoms with Crippen LogP contribution in [0.15, 0.2) is 53.1 Å². The van der Waals surface area contributed by atoms with E-state index in [1.807, 2.05) is 24.3 Å². The Morgan fingerprint density at radius 1 is 1.18 bits per heavy atom. The summed E-state index contributed by atoms with van der Waals surface area (Å²) in [6.45, 7) is 0.657. The summed E-state index contributed by atoms with van der Waals surface area (Å²) in [5.74, 6) is 0.219. The number of rotatable bonds is 4. The normalized spacial score (nSPS) is 17.0. The molecule has 2 aromatic heterocycles. The van der Waals surface area contributed by atoms with Crippen molar-refractivity contribution in [2.75, 3.05) is 6.54 Å². The van der Waals surface area contributed by atoms with Crippen molar-refractivity contribution in [3.05, 3.63) is 65.7 Å². The molecule has 3 heterocycles. The number of H-pyrrole nitrogens is 1. The van der Waals surface area contributed by atoms with E-state index in [1.165, 1.54) is 6.07 Å². The van der Waals surface area contributed by atoms with Gasteiger partial charge < -0.3 is 9.42 Å². The van der Waals surface area contributed by atoms with Crippen molar-refractivity contribution in [1.82, 2.24) is 25.2 Å². The zero-order valence-electron chi connectivity index (χ0n) is 14.8. The Morgan fingerprint density at radius 3 is 2.89 bits per heavy atom. The first kappa shape index (κ1) is 16.6. The summed E-state index contributed by atoms with van der Waals surface area (Å²) in [6.07, 6.45) is 0.273. The lowest BCUT2D eigenvalue weighted by Gasteiger charge is -2.16. The van der Waals surface area contributed by atoms with Gasteiger partial charge in [0, 0.05) is 36.4 Å². The predicted molar refractivity (Wildman–Crippen MR) is 98.6 cm³/mol. The summed E-state index contributed by atoms with van der Waals surface area (Å²) in [4.78, 5) is 18.5. The van der Waals surface area contributed by atoms with Crippen molar-refractivity contribution in [3.8, 4) is 11.6 Å². The van der Waals surface area contributed by atoms with Gasteiger partial charge in [-0.2, -0.15) is 10.1 Å². The molecule has 0 radical (unpaired) electrons. The largest absolute Gasteiger partial charge is 0.337 e. The van der Waals surface area contributed by atoms with Gasteiger partial charge in [-0.15, -0.1) is 0 Å². The second-order valence-electron chi connectivity index (χ2n) is 6.84. The standard InChI is InChI=1S/C20H16FN5O2/c21-15-7-3-1-5-12(15)10-26-11-13(9-17(26)27)19-22-20(28-25-19)18-14-6-2-4-8-16(14)23-24-18/h1-8,13H,9-11H2,(H,23,24). The van der Waals surface area contributed by atoms with Crippen molar-refractivity contribution < 1.29 is 13.7 Å². The molecule has 2 aromatic carbocycles. The molecular weight excluding hydrogens is 361 g/mol. The van der Waals surface area contributed by atoms with Crippen molar-refractivity contribution in [3.63, 3.8) is 0 Å². The number of carbonyl (C=O) groups excluding carboxylic acids is 1. The van der Waals surface area contributed by atoms with Crippen molar-refractivity contribution >= 4 is 16.8 Å². The fraction of sp³-hybridized carbons (Fsp3) is 0.200. The highest BCUT2D eigenvalue weighted by Crippen LogP contribution is 2.30. The molecule has 4 aromatic rings. The van der Waals surface area contributed by atoms with Crippen LogP contribution in [-0.2, 0) is 11.3 Å². The van der Waals surface area contributed by atoms with E-state index in [4.69, 9.17) is 4.52 Å². The molecule has 1 atom stereocenters. The van der Waals surface area contributed by atoms with Crippen LogP contribution in [0.1, 0.15) is 23.7 Å². The monoisotopic (exact) mass is 377 g/mol. The second-order valence-corrected chi connectivity index (χ2v) is 6.84. The molecule has 1 fully saturated rings. The molecule has 1 unspecified atom stereocenters. The number of nitrogens with zero attached hydrogens (tertiary/aromatic N) is 4. The number of nitrogens with one attached hydrogen (secondary N) is 1. The number of hydrogen-bond acceptors (Lipinski definition) is 5. The molecular formula is C20H16FN5O2. The van der Waals surface area contributed by atoms with Crippen LogP contribution < -0.4 is 0 Å². The molecule has 0 aliphatic carbocycles. The number of aromatic amines is 1. The van der Waals surface area contributed by atoms with Gasteiger partial charge in [-0.05, 0) is 12.1 Å². The number of para-hydroxylation sites is 1. The summed E-state index contributed by atoms with van der Waals surface area (Å²) in [6, 6.07) is 14.1. The maximum absolute atomic E-state index is 13.9. The topological polar surface area (TPSA) is 87.9 Å². The van der Waals surface area contributed by atoms with Crippen molar-refractivity contribution in [2.45, 2.75) is 18.9 Å². The van der Waals surface area contributed by atoms with Crippen LogP contribution in [0.2, 0.25) is 0 Å². The van der Waals surface area contributed by atoms with Gasteiger partial charge in [0.05, 0.1) is 5.52 Å². The fourth-order valence-electron chi connectivity index (χ4n) is 3.55. The van der Waals surface area contributed by atoms with Gasteiger partial charge in [-0.1, -0.05) is 41.6 Å². The minimum Gasteiger partial charge on any atom is -0.337 e. The molecule has 1 N–H and O–H groups in total. The van der Waals surface area contributed by atoms with Crippen LogP contribution in [0, 0.1) is 5.82 Å². The van der Waals surface area contributed by atoms with Gasteiger partial charge in [-0.25, -0.2) is 4.39 Å². The lowest BCUT2D eigenvalue weighted by atomic mass is 10.1. The molecule has 7 nitrogen and oxygen atoms in total. The summed E-state index contributed by atoms with van der Waals surface area (Å²) in [7, 11) is 0. The summed E-state index contributed by atoms with van der Waals surface area (Å²) in [5, 5.41) is 12.1. The first-order valence-corrected chi connectivity index (χ1v) is 8.97. The lowest BCUT2D eigenvalue weighted by molar-refractivity contribution is -0.128. The highest BCUT2D eigenvalue weighted by Gasteiger charge is 2.34. The van der Waals surface area contributed by atoms with E-state index in [1.54, 1.807) is 23.1 Å². The van der Waals surface area contributed by atoms with Gasteiger partial charge in [0.25, 0.3) is 5.89 Å². The zero-order chi connectivity index (χ0) is 19.1. The SMILES string of the molecule is O=C1CC(c2noc(-c3n[nH]c4ccccc34)n2)CN1Cc1ccccc1F. The van der Waals surface area contributed by atoms with Gasteiger partial charge in [-0.3, -0.25) is 9.89 Å². The Labute approximate surface area is 159 Å². The molecule has 1 amide bonds. The van der Waals surface area contributed by atoms with Crippen LogP contribution in [0.4, 0.5) is 4.39 Å². The molecule has 1 aliphatic heterocycles. The summed E-state index contributed by atoms with van der Waals surface area (Å²) < 4.78 is 19.3. The molecule has 8 heteroatoms. The van der Waals surface area contributed by atoms with Crippen LogP contribution in [-0.4, -0.2) is 37.7 Å². The number of aromatic nitrogens is 4. The van der Waals surface area contributed by atoms with E-state index >= 15 is 0 Å². The number of amides is 1. The number of halogens is 1. The van der Waals surface area contributed by atoms with E-state index < -0.39 is 0 Å². The molecule has 140 valence electrons. The lowest BCUT2D eigenvalue weighted by Crippen LogP contribution is -2.25. The highest BCUT2D eigenvalue weighted by atomic mass is 19.1. The average Bonchev–Trinajstić information content (AvgIpc) is 3.42. The molecule has 1 saturated heterocycles. The van der Waals surface area contributed by atoms with Crippen LogP contribution in [0.3, 0.4) is 0 Å². The molecule has 28 heavy (non-hydrogen) atoms.